The number of benzene rings is 1. The number of aromatic nitrogens is 5. The average Bonchev–Trinajstić information content (AvgIpc) is 3.31. The normalized spacial score (nSPS) is 17.5. The summed E-state index contributed by atoms with van der Waals surface area (Å²) in [6.07, 6.45) is 3.47. The van der Waals surface area contributed by atoms with Gasteiger partial charge in [0.2, 0.25) is 0 Å². The number of hydrogen-bond donors (Lipinski definition) is 1. The van der Waals surface area contributed by atoms with E-state index in [1.54, 1.807) is 36.1 Å². The van der Waals surface area contributed by atoms with E-state index in [4.69, 9.17) is 0 Å². The molecule has 0 unspecified atom stereocenters. The molecule has 0 saturated carbocycles. The van der Waals surface area contributed by atoms with E-state index < -0.39 is 0 Å². The van der Waals surface area contributed by atoms with Crippen molar-refractivity contribution in [3.63, 3.8) is 0 Å². The van der Waals surface area contributed by atoms with Crippen molar-refractivity contribution in [3.8, 4) is 11.4 Å². The molecule has 26 heavy (non-hydrogen) atoms. The van der Waals surface area contributed by atoms with Crippen LogP contribution in [0.25, 0.3) is 11.4 Å². The predicted octanol–water partition coefficient (Wildman–Crippen LogP) is 2.36. The highest BCUT2D eigenvalue weighted by Crippen LogP contribution is 2.27. The van der Waals surface area contributed by atoms with Gasteiger partial charge in [-0.2, -0.15) is 10.2 Å². The molecule has 0 radical (unpaired) electrons. The standard InChI is InChI=1S/C18H19FN6O/c1-24-15(8-9-20-24)18(26)25-10-2-3-13(11-25)17-21-16(22-23-17)12-4-6-14(19)7-5-12/h4-9,13H,2-3,10-11H2,1H3,(H,21,22,23)/t13-/m0/s1. The third-order valence-electron chi connectivity index (χ3n) is 4.74. The first-order valence-corrected chi connectivity index (χ1v) is 8.57. The molecule has 8 heteroatoms. The molecule has 1 amide bonds. The Morgan fingerprint density at radius 1 is 1.27 bits per heavy atom. The summed E-state index contributed by atoms with van der Waals surface area (Å²) in [5.74, 6) is 1.08. The SMILES string of the molecule is Cn1nccc1C(=O)N1CCC[C@H](c2nc(-c3ccc(F)cc3)n[nH]2)C1. The molecule has 1 saturated heterocycles. The quantitative estimate of drug-likeness (QED) is 0.783. The topological polar surface area (TPSA) is 79.7 Å². The number of amides is 1. The van der Waals surface area contributed by atoms with E-state index in [2.05, 4.69) is 20.3 Å². The van der Waals surface area contributed by atoms with Crippen molar-refractivity contribution in [2.24, 2.45) is 7.05 Å². The first kappa shape index (κ1) is 16.4. The third-order valence-corrected chi connectivity index (χ3v) is 4.74. The molecule has 134 valence electrons. The van der Waals surface area contributed by atoms with Gasteiger partial charge in [0, 0.05) is 37.8 Å². The van der Waals surface area contributed by atoms with Crippen LogP contribution in [0.15, 0.2) is 36.5 Å². The van der Waals surface area contributed by atoms with Crippen LogP contribution >= 0.6 is 0 Å². The number of halogens is 1. The van der Waals surface area contributed by atoms with E-state index in [9.17, 15) is 9.18 Å². The lowest BCUT2D eigenvalue weighted by molar-refractivity contribution is 0.0693. The Morgan fingerprint density at radius 3 is 2.81 bits per heavy atom. The zero-order chi connectivity index (χ0) is 18.1. The minimum Gasteiger partial charge on any atom is -0.337 e. The van der Waals surface area contributed by atoms with Crippen LogP contribution in [0.3, 0.4) is 0 Å². The van der Waals surface area contributed by atoms with Crippen molar-refractivity contribution in [1.29, 1.82) is 0 Å². The van der Waals surface area contributed by atoms with Gasteiger partial charge in [-0.3, -0.25) is 14.6 Å². The lowest BCUT2D eigenvalue weighted by Crippen LogP contribution is -2.40. The molecule has 3 heterocycles. The number of carbonyl (C=O) groups is 1. The summed E-state index contributed by atoms with van der Waals surface area (Å²) in [5.41, 5.74) is 1.34. The second-order valence-electron chi connectivity index (χ2n) is 6.48. The van der Waals surface area contributed by atoms with Gasteiger partial charge in [0.25, 0.3) is 5.91 Å². The summed E-state index contributed by atoms with van der Waals surface area (Å²) in [4.78, 5) is 19.1. The summed E-state index contributed by atoms with van der Waals surface area (Å²) < 4.78 is 14.7. The third kappa shape index (κ3) is 3.10. The summed E-state index contributed by atoms with van der Waals surface area (Å²) in [6.45, 7) is 1.31. The minimum atomic E-state index is -0.291. The molecular weight excluding hydrogens is 335 g/mol. The maximum absolute atomic E-state index is 13.1. The van der Waals surface area contributed by atoms with Crippen molar-refractivity contribution < 1.29 is 9.18 Å². The number of aromatic amines is 1. The summed E-state index contributed by atoms with van der Waals surface area (Å²) in [5, 5.41) is 11.3. The van der Waals surface area contributed by atoms with E-state index in [0.29, 0.717) is 18.1 Å². The van der Waals surface area contributed by atoms with Crippen LogP contribution in [-0.2, 0) is 7.05 Å². The summed E-state index contributed by atoms with van der Waals surface area (Å²) in [6, 6.07) is 7.82. The average molecular weight is 354 g/mol. The maximum Gasteiger partial charge on any atom is 0.272 e. The van der Waals surface area contributed by atoms with Crippen molar-refractivity contribution in [2.45, 2.75) is 18.8 Å². The van der Waals surface area contributed by atoms with Crippen LogP contribution in [0.4, 0.5) is 4.39 Å². The molecule has 1 aliphatic heterocycles. The molecule has 0 aliphatic carbocycles. The smallest absolute Gasteiger partial charge is 0.272 e. The first-order chi connectivity index (χ1) is 12.6. The largest absolute Gasteiger partial charge is 0.337 e. The minimum absolute atomic E-state index is 0.0204. The Balaban J connectivity index is 1.51. The number of nitrogens with zero attached hydrogens (tertiary/aromatic N) is 5. The predicted molar refractivity (Wildman–Crippen MR) is 92.9 cm³/mol. The monoisotopic (exact) mass is 354 g/mol. The fraction of sp³-hybridized carbons (Fsp3) is 0.333. The molecule has 1 N–H and O–H groups in total. The Morgan fingerprint density at radius 2 is 2.08 bits per heavy atom. The molecule has 7 nitrogen and oxygen atoms in total. The van der Waals surface area contributed by atoms with Gasteiger partial charge in [0.05, 0.1) is 0 Å². The maximum atomic E-state index is 13.1. The number of rotatable bonds is 3. The van der Waals surface area contributed by atoms with Crippen LogP contribution < -0.4 is 0 Å². The molecule has 0 spiro atoms. The van der Waals surface area contributed by atoms with Crippen molar-refractivity contribution in [3.05, 3.63) is 53.9 Å². The van der Waals surface area contributed by atoms with E-state index >= 15 is 0 Å². The molecule has 4 rings (SSSR count). The van der Waals surface area contributed by atoms with E-state index in [0.717, 1.165) is 30.8 Å². The van der Waals surface area contributed by atoms with Gasteiger partial charge < -0.3 is 4.90 Å². The van der Waals surface area contributed by atoms with Crippen LogP contribution in [-0.4, -0.2) is 48.9 Å². The lowest BCUT2D eigenvalue weighted by Gasteiger charge is -2.31. The number of H-pyrrole nitrogens is 1. The number of piperidine rings is 1. The molecule has 1 aromatic carbocycles. The second-order valence-corrected chi connectivity index (χ2v) is 6.48. The molecule has 2 aromatic heterocycles. The van der Waals surface area contributed by atoms with Gasteiger partial charge in [-0.1, -0.05) is 0 Å². The van der Waals surface area contributed by atoms with Gasteiger partial charge in [0.15, 0.2) is 5.82 Å². The van der Waals surface area contributed by atoms with Gasteiger partial charge in [0.1, 0.15) is 17.3 Å². The fourth-order valence-corrected chi connectivity index (χ4v) is 3.32. The lowest BCUT2D eigenvalue weighted by atomic mass is 9.97. The Hall–Kier alpha value is -3.03. The summed E-state index contributed by atoms with van der Waals surface area (Å²) >= 11 is 0. The first-order valence-electron chi connectivity index (χ1n) is 8.57. The van der Waals surface area contributed by atoms with E-state index in [1.807, 2.05) is 4.90 Å². The Bertz CT molecular complexity index is 916. The van der Waals surface area contributed by atoms with Gasteiger partial charge in [-0.25, -0.2) is 9.37 Å². The van der Waals surface area contributed by atoms with E-state index in [-0.39, 0.29) is 17.6 Å². The zero-order valence-corrected chi connectivity index (χ0v) is 14.4. The van der Waals surface area contributed by atoms with Crippen LogP contribution in [0.1, 0.15) is 35.1 Å². The highest BCUT2D eigenvalue weighted by Gasteiger charge is 2.28. The van der Waals surface area contributed by atoms with Crippen LogP contribution in [0.5, 0.6) is 0 Å². The zero-order valence-electron chi connectivity index (χ0n) is 14.4. The van der Waals surface area contributed by atoms with Crippen LogP contribution in [0.2, 0.25) is 0 Å². The summed E-state index contributed by atoms with van der Waals surface area (Å²) in [7, 11) is 1.76. The molecule has 1 aliphatic rings. The fourth-order valence-electron chi connectivity index (χ4n) is 3.32. The van der Waals surface area contributed by atoms with Gasteiger partial charge in [-0.15, -0.1) is 0 Å². The highest BCUT2D eigenvalue weighted by atomic mass is 19.1. The van der Waals surface area contributed by atoms with E-state index in [1.165, 1.54) is 12.1 Å². The molecular formula is C18H19FN6O. The Labute approximate surface area is 149 Å². The molecule has 1 fully saturated rings. The molecule has 3 aromatic rings. The second kappa shape index (κ2) is 6.70. The van der Waals surface area contributed by atoms with Gasteiger partial charge in [-0.05, 0) is 43.2 Å². The van der Waals surface area contributed by atoms with Crippen molar-refractivity contribution in [2.75, 3.05) is 13.1 Å². The number of nitrogens with one attached hydrogen (secondary N) is 1. The number of hydrogen-bond acceptors (Lipinski definition) is 4. The number of aryl methyl sites for hydroxylation is 1. The Kier molecular flexibility index (Phi) is 4.24. The van der Waals surface area contributed by atoms with Crippen molar-refractivity contribution in [1.82, 2.24) is 29.9 Å². The van der Waals surface area contributed by atoms with Crippen LogP contribution in [0, 0.1) is 5.82 Å². The van der Waals surface area contributed by atoms with Gasteiger partial charge >= 0.3 is 0 Å². The molecule has 1 atom stereocenters. The number of likely N-dealkylation sites (tertiary alicyclic amines) is 1. The molecule has 0 bridgehead atoms. The number of carbonyl (C=O) groups excluding carboxylic acids is 1. The van der Waals surface area contributed by atoms with Crippen molar-refractivity contribution >= 4 is 5.91 Å². The highest BCUT2D eigenvalue weighted by molar-refractivity contribution is 5.92.